The summed E-state index contributed by atoms with van der Waals surface area (Å²) in [5, 5.41) is 6.59. The molecule has 1 amide bonds. The maximum absolute atomic E-state index is 11.8. The van der Waals surface area contributed by atoms with Gasteiger partial charge in [-0.25, -0.2) is 0 Å². The molecule has 0 aliphatic heterocycles. The number of carbonyl (C=O) groups is 1. The predicted molar refractivity (Wildman–Crippen MR) is 85.7 cm³/mol. The lowest BCUT2D eigenvalue weighted by Crippen LogP contribution is -2.42. The van der Waals surface area contributed by atoms with Gasteiger partial charge in [-0.15, -0.1) is 0 Å². The van der Waals surface area contributed by atoms with Crippen LogP contribution in [0.4, 0.5) is 0 Å². The fourth-order valence-corrected chi connectivity index (χ4v) is 3.23. The number of carbonyl (C=O) groups excluding carboxylic acids is 1. The molecule has 0 saturated heterocycles. The minimum absolute atomic E-state index is 0.121. The minimum atomic E-state index is -0.121. The van der Waals surface area contributed by atoms with Gasteiger partial charge in [-0.2, -0.15) is 0 Å². The summed E-state index contributed by atoms with van der Waals surface area (Å²) in [5.74, 6) is 1.83. The SMILES string of the molecule is CC(C)CC1CCCC(NCCC(=O)NC(C)(C)C)C1. The lowest BCUT2D eigenvalue weighted by molar-refractivity contribution is -0.122. The fourth-order valence-electron chi connectivity index (χ4n) is 3.23. The van der Waals surface area contributed by atoms with Gasteiger partial charge in [-0.3, -0.25) is 4.79 Å². The summed E-state index contributed by atoms with van der Waals surface area (Å²) < 4.78 is 0. The molecule has 2 unspecified atom stereocenters. The maximum Gasteiger partial charge on any atom is 0.221 e. The van der Waals surface area contributed by atoms with E-state index in [1.807, 2.05) is 20.8 Å². The van der Waals surface area contributed by atoms with E-state index in [2.05, 4.69) is 24.5 Å². The zero-order valence-electron chi connectivity index (χ0n) is 14.1. The summed E-state index contributed by atoms with van der Waals surface area (Å²) in [5.41, 5.74) is -0.121. The van der Waals surface area contributed by atoms with Gasteiger partial charge in [0.2, 0.25) is 5.91 Å². The Balaban J connectivity index is 2.20. The largest absolute Gasteiger partial charge is 0.351 e. The van der Waals surface area contributed by atoms with Gasteiger partial charge in [-0.1, -0.05) is 26.7 Å². The quantitative estimate of drug-likeness (QED) is 0.783. The van der Waals surface area contributed by atoms with Crippen LogP contribution in [0.15, 0.2) is 0 Å². The molecule has 0 aromatic carbocycles. The Morgan fingerprint density at radius 3 is 2.55 bits per heavy atom. The summed E-state index contributed by atoms with van der Waals surface area (Å²) in [6.07, 6.45) is 7.23. The Labute approximate surface area is 125 Å². The van der Waals surface area contributed by atoms with Crippen LogP contribution in [0.3, 0.4) is 0 Å². The molecule has 2 atom stereocenters. The van der Waals surface area contributed by atoms with Gasteiger partial charge in [0.15, 0.2) is 0 Å². The Morgan fingerprint density at radius 1 is 1.25 bits per heavy atom. The standard InChI is InChI=1S/C17H34N2O/c1-13(2)11-14-7-6-8-15(12-14)18-10-9-16(20)19-17(3,4)5/h13-15,18H,6-12H2,1-5H3,(H,19,20). The van der Waals surface area contributed by atoms with Gasteiger partial charge in [-0.05, 0) is 51.9 Å². The van der Waals surface area contributed by atoms with Crippen molar-refractivity contribution < 1.29 is 4.79 Å². The molecular formula is C17H34N2O. The van der Waals surface area contributed by atoms with Crippen LogP contribution in [0.2, 0.25) is 0 Å². The molecule has 0 aromatic heterocycles. The van der Waals surface area contributed by atoms with E-state index in [0.29, 0.717) is 12.5 Å². The van der Waals surface area contributed by atoms with Crippen LogP contribution in [0, 0.1) is 11.8 Å². The first kappa shape index (κ1) is 17.5. The summed E-state index contributed by atoms with van der Waals surface area (Å²) >= 11 is 0. The van der Waals surface area contributed by atoms with Gasteiger partial charge in [0.05, 0.1) is 0 Å². The normalized spacial score (nSPS) is 23.9. The van der Waals surface area contributed by atoms with Crippen molar-refractivity contribution in [2.24, 2.45) is 11.8 Å². The zero-order valence-corrected chi connectivity index (χ0v) is 14.1. The Bertz CT molecular complexity index is 294. The second-order valence-corrected chi connectivity index (χ2v) is 7.86. The van der Waals surface area contributed by atoms with Crippen molar-refractivity contribution in [2.75, 3.05) is 6.54 Å². The summed E-state index contributed by atoms with van der Waals surface area (Å²) in [4.78, 5) is 11.8. The smallest absolute Gasteiger partial charge is 0.221 e. The molecular weight excluding hydrogens is 248 g/mol. The first-order chi connectivity index (χ1) is 9.26. The van der Waals surface area contributed by atoms with Crippen LogP contribution in [0.25, 0.3) is 0 Å². The molecule has 2 N–H and O–H groups in total. The molecule has 1 fully saturated rings. The van der Waals surface area contributed by atoms with Gasteiger partial charge < -0.3 is 10.6 Å². The van der Waals surface area contributed by atoms with Crippen LogP contribution in [-0.2, 0) is 4.79 Å². The number of hydrogen-bond donors (Lipinski definition) is 2. The highest BCUT2D eigenvalue weighted by Gasteiger charge is 2.22. The van der Waals surface area contributed by atoms with Crippen LogP contribution in [0.1, 0.15) is 73.1 Å². The third-order valence-corrected chi connectivity index (χ3v) is 3.89. The number of hydrogen-bond acceptors (Lipinski definition) is 2. The Morgan fingerprint density at radius 2 is 1.95 bits per heavy atom. The molecule has 0 aromatic rings. The van der Waals surface area contributed by atoms with Crippen molar-refractivity contribution in [3.63, 3.8) is 0 Å². The molecule has 118 valence electrons. The number of nitrogens with one attached hydrogen (secondary N) is 2. The highest BCUT2D eigenvalue weighted by Crippen LogP contribution is 2.29. The third kappa shape index (κ3) is 7.88. The van der Waals surface area contributed by atoms with Crippen molar-refractivity contribution in [1.29, 1.82) is 0 Å². The van der Waals surface area contributed by atoms with Crippen molar-refractivity contribution >= 4 is 5.91 Å². The van der Waals surface area contributed by atoms with E-state index >= 15 is 0 Å². The topological polar surface area (TPSA) is 41.1 Å². The van der Waals surface area contributed by atoms with Crippen LogP contribution in [0.5, 0.6) is 0 Å². The Kier molecular flexibility index (Phi) is 7.01. The molecule has 0 heterocycles. The number of rotatable bonds is 6. The lowest BCUT2D eigenvalue weighted by Gasteiger charge is -2.31. The lowest BCUT2D eigenvalue weighted by atomic mass is 9.81. The first-order valence-corrected chi connectivity index (χ1v) is 8.30. The molecule has 20 heavy (non-hydrogen) atoms. The average Bonchev–Trinajstić information content (AvgIpc) is 2.25. The molecule has 0 bridgehead atoms. The van der Waals surface area contributed by atoms with E-state index in [0.717, 1.165) is 18.4 Å². The van der Waals surface area contributed by atoms with E-state index in [1.54, 1.807) is 0 Å². The maximum atomic E-state index is 11.8. The molecule has 0 spiro atoms. The average molecular weight is 282 g/mol. The summed E-state index contributed by atoms with van der Waals surface area (Å²) in [7, 11) is 0. The van der Waals surface area contributed by atoms with Crippen LogP contribution >= 0.6 is 0 Å². The molecule has 3 nitrogen and oxygen atoms in total. The van der Waals surface area contributed by atoms with E-state index in [9.17, 15) is 4.79 Å². The second-order valence-electron chi connectivity index (χ2n) is 7.86. The van der Waals surface area contributed by atoms with Crippen molar-refractivity contribution in [2.45, 2.75) is 84.7 Å². The minimum Gasteiger partial charge on any atom is -0.351 e. The molecule has 3 heteroatoms. The third-order valence-electron chi connectivity index (χ3n) is 3.89. The van der Waals surface area contributed by atoms with Gasteiger partial charge in [0.25, 0.3) is 0 Å². The van der Waals surface area contributed by atoms with Crippen LogP contribution < -0.4 is 10.6 Å². The van der Waals surface area contributed by atoms with Crippen molar-refractivity contribution in [3.05, 3.63) is 0 Å². The van der Waals surface area contributed by atoms with Crippen LogP contribution in [-0.4, -0.2) is 24.0 Å². The molecule has 1 aliphatic carbocycles. The van der Waals surface area contributed by atoms with Gasteiger partial charge in [0.1, 0.15) is 0 Å². The van der Waals surface area contributed by atoms with Crippen molar-refractivity contribution in [1.82, 2.24) is 10.6 Å². The van der Waals surface area contributed by atoms with Crippen molar-refractivity contribution in [3.8, 4) is 0 Å². The molecule has 0 radical (unpaired) electrons. The highest BCUT2D eigenvalue weighted by atomic mass is 16.1. The monoisotopic (exact) mass is 282 g/mol. The molecule has 1 saturated carbocycles. The van der Waals surface area contributed by atoms with E-state index in [-0.39, 0.29) is 11.4 Å². The molecule has 1 rings (SSSR count). The first-order valence-electron chi connectivity index (χ1n) is 8.30. The van der Waals surface area contributed by atoms with Gasteiger partial charge in [0, 0.05) is 24.5 Å². The van der Waals surface area contributed by atoms with E-state index < -0.39 is 0 Å². The second kappa shape index (κ2) is 8.02. The fraction of sp³-hybridized carbons (Fsp3) is 0.941. The Hall–Kier alpha value is -0.570. The van der Waals surface area contributed by atoms with E-state index in [1.165, 1.54) is 32.1 Å². The molecule has 1 aliphatic rings. The summed E-state index contributed by atoms with van der Waals surface area (Å²) in [6, 6.07) is 0.620. The zero-order chi connectivity index (χ0) is 15.2. The van der Waals surface area contributed by atoms with Gasteiger partial charge >= 0.3 is 0 Å². The number of amides is 1. The predicted octanol–water partition coefficient (Wildman–Crippen LogP) is 3.49. The summed E-state index contributed by atoms with van der Waals surface area (Å²) in [6.45, 7) is 11.5. The van der Waals surface area contributed by atoms with E-state index in [4.69, 9.17) is 0 Å². The highest BCUT2D eigenvalue weighted by molar-refractivity contribution is 5.76.